The summed E-state index contributed by atoms with van der Waals surface area (Å²) in [5.41, 5.74) is 2.40. The van der Waals surface area contributed by atoms with Gasteiger partial charge in [0.15, 0.2) is 0 Å². The lowest BCUT2D eigenvalue weighted by molar-refractivity contribution is 0.0532. The third-order valence-corrected chi connectivity index (χ3v) is 3.30. The molecular formula is C13H19ClN2O. The van der Waals surface area contributed by atoms with Gasteiger partial charge in [-0.25, -0.2) is 0 Å². The van der Waals surface area contributed by atoms with Crippen molar-refractivity contribution in [2.24, 2.45) is 0 Å². The molecule has 1 aliphatic rings. The Hall–Kier alpha value is -0.770. The van der Waals surface area contributed by atoms with Crippen molar-refractivity contribution in [2.75, 3.05) is 31.6 Å². The smallest absolute Gasteiger partial charge is 0.0722 e. The minimum atomic E-state index is 0.266. The van der Waals surface area contributed by atoms with E-state index in [9.17, 15) is 0 Å². The van der Waals surface area contributed by atoms with Crippen LogP contribution in [-0.2, 0) is 11.3 Å². The molecule has 0 radical (unpaired) electrons. The predicted molar refractivity (Wildman–Crippen MR) is 71.8 cm³/mol. The zero-order valence-corrected chi connectivity index (χ0v) is 11.1. The second kappa shape index (κ2) is 5.71. The Balaban J connectivity index is 2.28. The highest BCUT2D eigenvalue weighted by Crippen LogP contribution is 2.31. The Morgan fingerprint density at radius 1 is 1.53 bits per heavy atom. The van der Waals surface area contributed by atoms with Crippen molar-refractivity contribution in [3.05, 3.63) is 28.8 Å². The van der Waals surface area contributed by atoms with Crippen molar-refractivity contribution in [1.82, 2.24) is 5.32 Å². The SMILES string of the molecule is CNCc1cccc(Cl)c1N1CCOC(C)C1. The van der Waals surface area contributed by atoms with Crippen molar-refractivity contribution in [3.63, 3.8) is 0 Å². The van der Waals surface area contributed by atoms with E-state index in [4.69, 9.17) is 16.3 Å². The second-order valence-electron chi connectivity index (χ2n) is 4.41. The van der Waals surface area contributed by atoms with Crippen LogP contribution in [-0.4, -0.2) is 32.8 Å². The van der Waals surface area contributed by atoms with Gasteiger partial charge >= 0.3 is 0 Å². The summed E-state index contributed by atoms with van der Waals surface area (Å²) in [4.78, 5) is 2.32. The molecule has 4 heteroatoms. The second-order valence-corrected chi connectivity index (χ2v) is 4.81. The molecule has 0 aromatic heterocycles. The highest BCUT2D eigenvalue weighted by Gasteiger charge is 2.21. The average Bonchev–Trinajstić information content (AvgIpc) is 2.29. The number of para-hydroxylation sites is 1. The van der Waals surface area contributed by atoms with Gasteiger partial charge < -0.3 is 15.0 Å². The Labute approximate surface area is 108 Å². The van der Waals surface area contributed by atoms with Gasteiger partial charge in [0.1, 0.15) is 0 Å². The molecule has 2 rings (SSSR count). The van der Waals surface area contributed by atoms with E-state index < -0.39 is 0 Å². The van der Waals surface area contributed by atoms with Gasteiger partial charge in [-0.3, -0.25) is 0 Å². The number of anilines is 1. The van der Waals surface area contributed by atoms with E-state index in [-0.39, 0.29) is 6.10 Å². The maximum absolute atomic E-state index is 6.34. The van der Waals surface area contributed by atoms with Crippen molar-refractivity contribution in [1.29, 1.82) is 0 Å². The largest absolute Gasteiger partial charge is 0.375 e. The third kappa shape index (κ3) is 2.92. The fourth-order valence-electron chi connectivity index (χ4n) is 2.27. The molecule has 1 aliphatic heterocycles. The maximum Gasteiger partial charge on any atom is 0.0722 e. The van der Waals surface area contributed by atoms with Crippen LogP contribution in [0, 0.1) is 0 Å². The summed E-state index contributed by atoms with van der Waals surface area (Å²) in [5, 5.41) is 4.01. The van der Waals surface area contributed by atoms with Crippen LogP contribution in [0.25, 0.3) is 0 Å². The summed E-state index contributed by atoms with van der Waals surface area (Å²) in [6, 6.07) is 6.08. The lowest BCUT2D eigenvalue weighted by atomic mass is 10.1. The number of hydrogen-bond acceptors (Lipinski definition) is 3. The van der Waals surface area contributed by atoms with Crippen LogP contribution in [0.1, 0.15) is 12.5 Å². The van der Waals surface area contributed by atoms with Crippen molar-refractivity contribution in [2.45, 2.75) is 19.6 Å². The van der Waals surface area contributed by atoms with Gasteiger partial charge in [0.25, 0.3) is 0 Å². The van der Waals surface area contributed by atoms with E-state index in [1.54, 1.807) is 0 Å². The summed E-state index contributed by atoms with van der Waals surface area (Å²) in [7, 11) is 1.95. The zero-order valence-electron chi connectivity index (χ0n) is 10.4. The fraction of sp³-hybridized carbons (Fsp3) is 0.538. The first kappa shape index (κ1) is 12.7. The molecule has 17 heavy (non-hydrogen) atoms. The molecule has 1 saturated heterocycles. The van der Waals surface area contributed by atoms with Crippen molar-refractivity contribution >= 4 is 17.3 Å². The van der Waals surface area contributed by atoms with E-state index in [1.165, 1.54) is 5.56 Å². The van der Waals surface area contributed by atoms with Crippen LogP contribution in [0.3, 0.4) is 0 Å². The monoisotopic (exact) mass is 254 g/mol. The highest BCUT2D eigenvalue weighted by atomic mass is 35.5. The number of nitrogens with one attached hydrogen (secondary N) is 1. The molecule has 1 aromatic carbocycles. The van der Waals surface area contributed by atoms with Crippen LogP contribution >= 0.6 is 11.6 Å². The third-order valence-electron chi connectivity index (χ3n) is 2.99. The van der Waals surface area contributed by atoms with Crippen molar-refractivity contribution < 1.29 is 4.74 Å². The Bertz CT molecular complexity index is 384. The Morgan fingerprint density at radius 3 is 3.06 bits per heavy atom. The first-order valence-electron chi connectivity index (χ1n) is 6.01. The molecule has 1 N–H and O–H groups in total. The number of hydrogen-bond donors (Lipinski definition) is 1. The molecule has 0 amide bonds. The lowest BCUT2D eigenvalue weighted by Crippen LogP contribution is -2.41. The molecule has 1 aromatic rings. The quantitative estimate of drug-likeness (QED) is 0.896. The van der Waals surface area contributed by atoms with Gasteiger partial charge in [-0.1, -0.05) is 23.7 Å². The summed E-state index contributed by atoms with van der Waals surface area (Å²) in [5.74, 6) is 0. The van der Waals surface area contributed by atoms with Crippen LogP contribution in [0.4, 0.5) is 5.69 Å². The summed E-state index contributed by atoms with van der Waals surface area (Å²) in [6.45, 7) is 5.51. The molecule has 1 fully saturated rings. The average molecular weight is 255 g/mol. The predicted octanol–water partition coefficient (Wildman–Crippen LogP) is 2.28. The van der Waals surface area contributed by atoms with Crippen LogP contribution in [0.2, 0.25) is 5.02 Å². The molecule has 0 spiro atoms. The molecule has 0 aliphatic carbocycles. The molecule has 1 atom stereocenters. The zero-order chi connectivity index (χ0) is 12.3. The van der Waals surface area contributed by atoms with Gasteiger partial charge in [0.05, 0.1) is 23.4 Å². The number of rotatable bonds is 3. The van der Waals surface area contributed by atoms with Crippen molar-refractivity contribution in [3.8, 4) is 0 Å². The molecule has 3 nitrogen and oxygen atoms in total. The lowest BCUT2D eigenvalue weighted by Gasteiger charge is -2.34. The standard InChI is InChI=1S/C13H19ClN2O/c1-10-9-16(6-7-17-10)13-11(8-15-2)4-3-5-12(13)14/h3-5,10,15H,6-9H2,1-2H3. The van der Waals surface area contributed by atoms with Gasteiger partial charge in [-0.05, 0) is 25.6 Å². The first-order valence-corrected chi connectivity index (χ1v) is 6.38. The molecule has 0 bridgehead atoms. The van der Waals surface area contributed by atoms with Gasteiger partial charge in [-0.15, -0.1) is 0 Å². The van der Waals surface area contributed by atoms with E-state index >= 15 is 0 Å². The number of nitrogens with zero attached hydrogens (tertiary/aromatic N) is 1. The molecular weight excluding hydrogens is 236 g/mol. The minimum Gasteiger partial charge on any atom is -0.375 e. The normalized spacial score (nSPS) is 20.6. The minimum absolute atomic E-state index is 0.266. The highest BCUT2D eigenvalue weighted by molar-refractivity contribution is 6.33. The molecule has 1 heterocycles. The number of halogens is 1. The Kier molecular flexibility index (Phi) is 4.26. The van der Waals surface area contributed by atoms with Gasteiger partial charge in [0.2, 0.25) is 0 Å². The Morgan fingerprint density at radius 2 is 2.35 bits per heavy atom. The van der Waals surface area contributed by atoms with E-state index in [1.807, 2.05) is 19.2 Å². The summed E-state index contributed by atoms with van der Waals surface area (Å²) < 4.78 is 5.57. The van der Waals surface area contributed by atoms with Gasteiger partial charge in [0, 0.05) is 19.6 Å². The molecule has 0 saturated carbocycles. The number of benzene rings is 1. The number of ether oxygens (including phenoxy) is 1. The van der Waals surface area contributed by atoms with Crippen LogP contribution in [0.15, 0.2) is 18.2 Å². The van der Waals surface area contributed by atoms with E-state index in [0.717, 1.165) is 37.0 Å². The molecule has 1 unspecified atom stereocenters. The maximum atomic E-state index is 6.34. The van der Waals surface area contributed by atoms with Gasteiger partial charge in [-0.2, -0.15) is 0 Å². The molecule has 94 valence electrons. The first-order chi connectivity index (χ1) is 8.22. The van der Waals surface area contributed by atoms with Crippen LogP contribution in [0.5, 0.6) is 0 Å². The van der Waals surface area contributed by atoms with E-state index in [0.29, 0.717) is 0 Å². The topological polar surface area (TPSA) is 24.5 Å². The number of morpholine rings is 1. The summed E-state index contributed by atoms with van der Waals surface area (Å²) >= 11 is 6.34. The van der Waals surface area contributed by atoms with Crippen LogP contribution < -0.4 is 10.2 Å². The van der Waals surface area contributed by atoms with E-state index in [2.05, 4.69) is 23.2 Å². The fourth-order valence-corrected chi connectivity index (χ4v) is 2.58. The summed E-state index contributed by atoms with van der Waals surface area (Å²) in [6.07, 6.45) is 0.266.